The molecule has 0 N–H and O–H groups in total. The van der Waals surface area contributed by atoms with E-state index in [0.717, 1.165) is 16.6 Å². The van der Waals surface area contributed by atoms with E-state index in [1.165, 1.54) is 0 Å². The van der Waals surface area contributed by atoms with Crippen molar-refractivity contribution in [1.29, 1.82) is 0 Å². The molecule has 1 saturated heterocycles. The molecule has 1 fully saturated rings. The SMILES string of the molecule is CS(=O)(=O)N1CC(c2cc(C(F)(F)F)nc(Cl)n2)C1. The monoisotopic (exact) mass is 315 g/mol. The van der Waals surface area contributed by atoms with Gasteiger partial charge >= 0.3 is 6.18 Å². The highest BCUT2D eigenvalue weighted by Gasteiger charge is 2.38. The summed E-state index contributed by atoms with van der Waals surface area (Å²) in [7, 11) is -3.32. The summed E-state index contributed by atoms with van der Waals surface area (Å²) in [5.74, 6) is -0.392. The van der Waals surface area contributed by atoms with E-state index in [9.17, 15) is 21.6 Å². The van der Waals surface area contributed by atoms with Crippen LogP contribution in [0.4, 0.5) is 13.2 Å². The Bertz CT molecular complexity index is 599. The van der Waals surface area contributed by atoms with Gasteiger partial charge in [-0.2, -0.15) is 13.2 Å². The van der Waals surface area contributed by atoms with Crippen molar-refractivity contribution >= 4 is 21.6 Å². The van der Waals surface area contributed by atoms with Crippen LogP contribution in [-0.2, 0) is 16.2 Å². The Morgan fingerprint density at radius 3 is 2.42 bits per heavy atom. The fraction of sp³-hybridized carbons (Fsp3) is 0.556. The van der Waals surface area contributed by atoms with E-state index in [2.05, 4.69) is 9.97 Å². The maximum absolute atomic E-state index is 12.5. The maximum Gasteiger partial charge on any atom is 0.433 e. The summed E-state index contributed by atoms with van der Waals surface area (Å²) in [5.41, 5.74) is -1.02. The Morgan fingerprint density at radius 2 is 1.95 bits per heavy atom. The predicted octanol–water partition coefficient (Wildman–Crippen LogP) is 1.51. The van der Waals surface area contributed by atoms with Gasteiger partial charge in [0.05, 0.1) is 11.9 Å². The van der Waals surface area contributed by atoms with Gasteiger partial charge in [0.2, 0.25) is 15.3 Å². The van der Waals surface area contributed by atoms with Gasteiger partial charge < -0.3 is 0 Å². The van der Waals surface area contributed by atoms with Gasteiger partial charge in [-0.1, -0.05) is 0 Å². The lowest BCUT2D eigenvalue weighted by molar-refractivity contribution is -0.141. The maximum atomic E-state index is 12.5. The van der Waals surface area contributed by atoms with Crippen LogP contribution in [0.2, 0.25) is 5.28 Å². The van der Waals surface area contributed by atoms with Gasteiger partial charge in [0.15, 0.2) is 0 Å². The number of aromatic nitrogens is 2. The highest BCUT2D eigenvalue weighted by molar-refractivity contribution is 7.88. The van der Waals surface area contributed by atoms with Crippen molar-refractivity contribution < 1.29 is 21.6 Å². The predicted molar refractivity (Wildman–Crippen MR) is 61.2 cm³/mol. The number of hydrogen-bond acceptors (Lipinski definition) is 4. The Morgan fingerprint density at radius 1 is 1.37 bits per heavy atom. The summed E-state index contributed by atoms with van der Waals surface area (Å²) in [6.45, 7) is 0.201. The molecule has 1 aromatic heterocycles. The lowest BCUT2D eigenvalue weighted by Crippen LogP contribution is -2.48. The molecule has 0 spiro atoms. The topological polar surface area (TPSA) is 63.2 Å². The molecule has 0 aromatic carbocycles. The van der Waals surface area contributed by atoms with Crippen LogP contribution in [0, 0.1) is 0 Å². The minimum Gasteiger partial charge on any atom is -0.223 e. The standard InChI is InChI=1S/C9H9ClF3N3O2S/c1-19(17,18)16-3-5(4-16)6-2-7(9(11,12)13)15-8(10)14-6/h2,5H,3-4H2,1H3. The summed E-state index contributed by atoms with van der Waals surface area (Å²) in [5, 5.41) is -0.498. The first-order valence-electron chi connectivity index (χ1n) is 5.14. The van der Waals surface area contributed by atoms with Gasteiger partial charge in [0.1, 0.15) is 5.69 Å². The van der Waals surface area contributed by atoms with E-state index in [-0.39, 0.29) is 18.8 Å². The number of hydrogen-bond donors (Lipinski definition) is 0. The molecule has 1 aromatic rings. The highest BCUT2D eigenvalue weighted by atomic mass is 35.5. The lowest BCUT2D eigenvalue weighted by Gasteiger charge is -2.36. The number of sulfonamides is 1. The van der Waals surface area contributed by atoms with E-state index in [1.54, 1.807) is 0 Å². The van der Waals surface area contributed by atoms with Gasteiger partial charge in [0, 0.05) is 19.0 Å². The first-order valence-corrected chi connectivity index (χ1v) is 7.37. The third-order valence-corrected chi connectivity index (χ3v) is 4.15. The van der Waals surface area contributed by atoms with E-state index in [4.69, 9.17) is 11.6 Å². The molecule has 0 radical (unpaired) electrons. The van der Waals surface area contributed by atoms with Crippen LogP contribution in [-0.4, -0.2) is 42.0 Å². The van der Waals surface area contributed by atoms with Crippen molar-refractivity contribution in [2.75, 3.05) is 19.3 Å². The van der Waals surface area contributed by atoms with Gasteiger partial charge in [0.25, 0.3) is 0 Å². The van der Waals surface area contributed by atoms with Crippen LogP contribution < -0.4 is 0 Å². The van der Waals surface area contributed by atoms with E-state index >= 15 is 0 Å². The first-order chi connectivity index (χ1) is 8.57. The molecule has 1 aliphatic heterocycles. The largest absolute Gasteiger partial charge is 0.433 e. The number of rotatable bonds is 2. The average molecular weight is 316 g/mol. The van der Waals surface area contributed by atoms with E-state index in [1.807, 2.05) is 0 Å². The minimum atomic E-state index is -4.61. The zero-order valence-corrected chi connectivity index (χ0v) is 11.2. The second-order valence-electron chi connectivity index (χ2n) is 4.22. The third-order valence-electron chi connectivity index (χ3n) is 2.74. The van der Waals surface area contributed by atoms with E-state index < -0.39 is 33.1 Å². The molecular weight excluding hydrogens is 307 g/mol. The van der Waals surface area contributed by atoms with Crippen LogP contribution >= 0.6 is 11.6 Å². The van der Waals surface area contributed by atoms with Crippen molar-refractivity contribution in [3.8, 4) is 0 Å². The van der Waals surface area contributed by atoms with Crippen LogP contribution in [0.25, 0.3) is 0 Å². The Kier molecular flexibility index (Phi) is 3.48. The quantitative estimate of drug-likeness (QED) is 0.776. The number of alkyl halides is 3. The normalized spacial score (nSPS) is 18.4. The number of nitrogens with zero attached hydrogens (tertiary/aromatic N) is 3. The van der Waals surface area contributed by atoms with E-state index in [0.29, 0.717) is 0 Å². The molecule has 19 heavy (non-hydrogen) atoms. The Hall–Kier alpha value is -0.930. The fourth-order valence-corrected chi connectivity index (χ4v) is 2.78. The summed E-state index contributed by atoms with van der Waals surface area (Å²) in [6.07, 6.45) is -3.57. The molecule has 2 heterocycles. The van der Waals surface area contributed by atoms with Crippen LogP contribution in [0.5, 0.6) is 0 Å². The Labute approximate surface area is 112 Å². The van der Waals surface area contributed by atoms with Gasteiger partial charge in [-0.3, -0.25) is 0 Å². The smallest absolute Gasteiger partial charge is 0.223 e. The second-order valence-corrected chi connectivity index (χ2v) is 6.54. The third kappa shape index (κ3) is 3.15. The summed E-state index contributed by atoms with van der Waals surface area (Å²) in [4.78, 5) is 6.83. The van der Waals surface area contributed by atoms with Gasteiger partial charge in [-0.15, -0.1) is 0 Å². The van der Waals surface area contributed by atoms with Crippen molar-refractivity contribution in [2.45, 2.75) is 12.1 Å². The zero-order chi connectivity index (χ0) is 14.4. The van der Waals surface area contributed by atoms with Crippen molar-refractivity contribution in [3.63, 3.8) is 0 Å². The van der Waals surface area contributed by atoms with Crippen LogP contribution in [0.15, 0.2) is 6.07 Å². The molecule has 1 aliphatic rings. The molecular formula is C9H9ClF3N3O2S. The minimum absolute atomic E-state index is 0.101. The van der Waals surface area contributed by atoms with Crippen molar-refractivity contribution in [3.05, 3.63) is 22.7 Å². The molecule has 0 atom stereocenters. The molecule has 10 heteroatoms. The zero-order valence-electron chi connectivity index (χ0n) is 9.65. The Balaban J connectivity index is 2.22. The van der Waals surface area contributed by atoms with Crippen molar-refractivity contribution in [1.82, 2.24) is 14.3 Å². The molecule has 5 nitrogen and oxygen atoms in total. The molecule has 0 amide bonds. The molecule has 0 bridgehead atoms. The first kappa shape index (κ1) is 14.5. The van der Waals surface area contributed by atoms with Crippen LogP contribution in [0.3, 0.4) is 0 Å². The average Bonchev–Trinajstić information content (AvgIpc) is 2.10. The molecule has 0 unspecified atom stereocenters. The summed E-state index contributed by atoms with van der Waals surface area (Å²) in [6, 6.07) is 0.802. The molecule has 0 aliphatic carbocycles. The lowest BCUT2D eigenvalue weighted by atomic mass is 9.98. The van der Waals surface area contributed by atoms with Gasteiger partial charge in [-0.25, -0.2) is 22.7 Å². The summed E-state index contributed by atoms with van der Waals surface area (Å²) < 4.78 is 61.1. The second kappa shape index (κ2) is 4.57. The van der Waals surface area contributed by atoms with Crippen molar-refractivity contribution in [2.24, 2.45) is 0 Å². The molecule has 106 valence electrons. The van der Waals surface area contributed by atoms with Crippen LogP contribution in [0.1, 0.15) is 17.3 Å². The molecule has 0 saturated carbocycles. The number of halogens is 4. The molecule has 2 rings (SSSR count). The highest BCUT2D eigenvalue weighted by Crippen LogP contribution is 2.33. The fourth-order valence-electron chi connectivity index (χ4n) is 1.69. The van der Waals surface area contributed by atoms with Gasteiger partial charge in [-0.05, 0) is 17.7 Å². The summed E-state index contributed by atoms with van der Waals surface area (Å²) >= 11 is 5.45.